The van der Waals surface area contributed by atoms with Gasteiger partial charge < -0.3 is 0 Å². The Morgan fingerprint density at radius 2 is 1.10 bits per heavy atom. The monoisotopic (exact) mass is 324 g/mol. The molecule has 0 saturated heterocycles. The van der Waals surface area contributed by atoms with Crippen LogP contribution in [0.1, 0.15) is 34.0 Å². The number of benzene rings is 1. The first-order valence-electron chi connectivity index (χ1n) is 5.06. The van der Waals surface area contributed by atoms with Crippen LogP contribution in [-0.4, -0.2) is 5.78 Å². The maximum Gasteiger partial charge on any atom is 0.417 e. The normalized spacial score (nSPS) is 13.4. The average Bonchev–Trinajstić information content (AvgIpc) is 2.23. The quantitative estimate of drug-likeness (QED) is 0.528. The summed E-state index contributed by atoms with van der Waals surface area (Å²) in [6.07, 6.45) is -16.5. The summed E-state index contributed by atoms with van der Waals surface area (Å²) >= 11 is 0. The molecule has 10 heteroatoms. The van der Waals surface area contributed by atoms with Gasteiger partial charge >= 0.3 is 18.5 Å². The van der Waals surface area contributed by atoms with Crippen LogP contribution in [0.2, 0.25) is 0 Å². The van der Waals surface area contributed by atoms with Gasteiger partial charge in [0.2, 0.25) is 0 Å². The Labute approximate surface area is 111 Å². The molecule has 0 N–H and O–H groups in total. The molecule has 0 atom stereocenters. The van der Waals surface area contributed by atoms with Crippen molar-refractivity contribution in [2.24, 2.45) is 0 Å². The topological polar surface area (TPSA) is 17.1 Å². The fourth-order valence-corrected chi connectivity index (χ4v) is 1.63. The predicted molar refractivity (Wildman–Crippen MR) is 51.5 cm³/mol. The molecule has 21 heavy (non-hydrogen) atoms. The predicted octanol–water partition coefficient (Wildman–Crippen LogP) is 4.95. The highest BCUT2D eigenvalue weighted by Crippen LogP contribution is 2.43. The van der Waals surface area contributed by atoms with Gasteiger partial charge in [-0.2, -0.15) is 39.5 Å². The van der Waals surface area contributed by atoms with Crippen molar-refractivity contribution in [3.05, 3.63) is 34.4 Å². The SMILES string of the molecule is CC(=O)c1c(C(F)(F)F)cc(C(F)(F)F)cc1C(F)(F)F. The third-order valence-corrected chi connectivity index (χ3v) is 2.43. The van der Waals surface area contributed by atoms with E-state index in [0.29, 0.717) is 6.92 Å². The van der Waals surface area contributed by atoms with Crippen LogP contribution in [0.25, 0.3) is 0 Å². The summed E-state index contributed by atoms with van der Waals surface area (Å²) in [5, 5.41) is 0. The first-order chi connectivity index (χ1) is 9.15. The van der Waals surface area contributed by atoms with Crippen molar-refractivity contribution in [3.8, 4) is 0 Å². The molecule has 0 amide bonds. The van der Waals surface area contributed by atoms with E-state index in [9.17, 15) is 44.3 Å². The molecule has 0 fully saturated rings. The molecule has 0 aliphatic carbocycles. The highest BCUT2D eigenvalue weighted by molar-refractivity contribution is 5.97. The summed E-state index contributed by atoms with van der Waals surface area (Å²) < 4.78 is 113. The molecule has 1 nitrogen and oxygen atoms in total. The Hall–Kier alpha value is -1.74. The van der Waals surface area contributed by atoms with E-state index in [4.69, 9.17) is 0 Å². The van der Waals surface area contributed by atoms with Crippen molar-refractivity contribution in [2.75, 3.05) is 0 Å². The lowest BCUT2D eigenvalue weighted by Gasteiger charge is -2.19. The van der Waals surface area contributed by atoms with E-state index < -0.39 is 58.7 Å². The molecular formula is C11H5F9O. The van der Waals surface area contributed by atoms with Crippen LogP contribution in [0.3, 0.4) is 0 Å². The van der Waals surface area contributed by atoms with E-state index >= 15 is 0 Å². The summed E-state index contributed by atoms with van der Waals surface area (Å²) in [5.41, 5.74) is -8.50. The first kappa shape index (κ1) is 17.3. The van der Waals surface area contributed by atoms with Gasteiger partial charge in [0, 0.05) is 5.56 Å². The molecule has 118 valence electrons. The number of hydrogen-bond acceptors (Lipinski definition) is 1. The Morgan fingerprint density at radius 1 is 0.762 bits per heavy atom. The minimum atomic E-state index is -5.54. The number of ketones is 1. The van der Waals surface area contributed by atoms with Gasteiger partial charge in [-0.3, -0.25) is 4.79 Å². The van der Waals surface area contributed by atoms with Crippen molar-refractivity contribution >= 4 is 5.78 Å². The van der Waals surface area contributed by atoms with Crippen LogP contribution in [0.4, 0.5) is 39.5 Å². The second kappa shape index (κ2) is 4.92. The van der Waals surface area contributed by atoms with Gasteiger partial charge in [-0.25, -0.2) is 0 Å². The van der Waals surface area contributed by atoms with Crippen molar-refractivity contribution in [2.45, 2.75) is 25.5 Å². The summed E-state index contributed by atoms with van der Waals surface area (Å²) in [5.74, 6) is -1.64. The van der Waals surface area contributed by atoms with E-state index in [2.05, 4.69) is 0 Å². The maximum atomic E-state index is 12.7. The number of alkyl halides is 9. The zero-order valence-corrected chi connectivity index (χ0v) is 9.96. The number of Topliss-reactive ketones (excluding diaryl/α,β-unsaturated/α-hetero) is 1. The molecule has 1 aromatic carbocycles. The summed E-state index contributed by atoms with van der Waals surface area (Å²) in [7, 11) is 0. The summed E-state index contributed by atoms with van der Waals surface area (Å²) in [6, 6.07) is -1.02. The fourth-order valence-electron chi connectivity index (χ4n) is 1.63. The number of halogens is 9. The lowest BCUT2D eigenvalue weighted by molar-refractivity contribution is -0.148. The fraction of sp³-hybridized carbons (Fsp3) is 0.364. The summed E-state index contributed by atoms with van der Waals surface area (Å²) in [4.78, 5) is 11.1. The average molecular weight is 324 g/mol. The van der Waals surface area contributed by atoms with Crippen molar-refractivity contribution in [3.63, 3.8) is 0 Å². The van der Waals surface area contributed by atoms with Gasteiger partial charge in [0.05, 0.1) is 16.7 Å². The largest absolute Gasteiger partial charge is 0.417 e. The highest BCUT2D eigenvalue weighted by atomic mass is 19.4. The lowest BCUT2D eigenvalue weighted by atomic mass is 9.94. The van der Waals surface area contributed by atoms with Crippen molar-refractivity contribution in [1.82, 2.24) is 0 Å². The van der Waals surface area contributed by atoms with Crippen LogP contribution < -0.4 is 0 Å². The molecule has 0 aromatic heterocycles. The van der Waals surface area contributed by atoms with Crippen LogP contribution in [0, 0.1) is 0 Å². The van der Waals surface area contributed by atoms with E-state index in [1.54, 1.807) is 0 Å². The minimum absolute atomic E-state index is 0.410. The van der Waals surface area contributed by atoms with Crippen molar-refractivity contribution in [1.29, 1.82) is 0 Å². The molecule has 0 bridgehead atoms. The molecule has 0 saturated carbocycles. The maximum absolute atomic E-state index is 12.7. The molecule has 0 aliphatic heterocycles. The Balaban J connectivity index is 3.89. The molecule has 0 heterocycles. The van der Waals surface area contributed by atoms with Crippen LogP contribution in [0.15, 0.2) is 12.1 Å². The third kappa shape index (κ3) is 3.67. The molecule has 1 rings (SSSR count). The smallest absolute Gasteiger partial charge is 0.294 e. The molecular weight excluding hydrogens is 319 g/mol. The number of carbonyl (C=O) groups is 1. The second-order valence-corrected chi connectivity index (χ2v) is 4.00. The van der Waals surface area contributed by atoms with Gasteiger partial charge in [-0.15, -0.1) is 0 Å². The van der Waals surface area contributed by atoms with Gasteiger partial charge in [-0.05, 0) is 19.1 Å². The Morgan fingerprint density at radius 3 is 1.29 bits per heavy atom. The standard InChI is InChI=1S/C11H5F9O/c1-4(21)8-6(10(15,16)17)2-5(9(12,13)14)3-7(8)11(18,19)20/h2-3H,1H3. The Bertz CT molecular complexity index is 528. The van der Waals surface area contributed by atoms with Gasteiger partial charge in [0.15, 0.2) is 5.78 Å². The van der Waals surface area contributed by atoms with Gasteiger partial charge in [0.25, 0.3) is 0 Å². The van der Waals surface area contributed by atoms with Crippen molar-refractivity contribution < 1.29 is 44.3 Å². The Kier molecular flexibility index (Phi) is 4.05. The number of rotatable bonds is 1. The van der Waals surface area contributed by atoms with Gasteiger partial charge in [0.1, 0.15) is 0 Å². The van der Waals surface area contributed by atoms with Gasteiger partial charge in [-0.1, -0.05) is 0 Å². The number of hydrogen-bond donors (Lipinski definition) is 0. The zero-order chi connectivity index (χ0) is 16.8. The molecule has 0 radical (unpaired) electrons. The second-order valence-electron chi connectivity index (χ2n) is 4.00. The van der Waals surface area contributed by atoms with E-state index in [1.165, 1.54) is 0 Å². The van der Waals surface area contributed by atoms with Crippen LogP contribution in [-0.2, 0) is 18.5 Å². The minimum Gasteiger partial charge on any atom is -0.294 e. The number of carbonyl (C=O) groups excluding carboxylic acids is 1. The summed E-state index contributed by atoms with van der Waals surface area (Å²) in [6.45, 7) is 0.410. The molecule has 0 spiro atoms. The van der Waals surface area contributed by atoms with Crippen LogP contribution in [0.5, 0.6) is 0 Å². The molecule has 0 unspecified atom stereocenters. The van der Waals surface area contributed by atoms with E-state index in [1.807, 2.05) is 0 Å². The zero-order valence-electron chi connectivity index (χ0n) is 9.96. The first-order valence-corrected chi connectivity index (χ1v) is 5.06. The molecule has 1 aromatic rings. The van der Waals surface area contributed by atoms with E-state index in [0.717, 1.165) is 0 Å². The highest BCUT2D eigenvalue weighted by Gasteiger charge is 2.45. The third-order valence-electron chi connectivity index (χ3n) is 2.43. The lowest BCUT2D eigenvalue weighted by Crippen LogP contribution is -2.21. The van der Waals surface area contributed by atoms with Crippen LogP contribution >= 0.6 is 0 Å². The van der Waals surface area contributed by atoms with E-state index in [-0.39, 0.29) is 0 Å². The molecule has 0 aliphatic rings.